The molecule has 0 unspecified atom stereocenters. The molecule has 3 aromatic rings. The number of nitrogens with zero attached hydrogens (tertiary/aromatic N) is 2. The minimum atomic E-state index is -0.346. The number of hydrogen-bond acceptors (Lipinski definition) is 4. The smallest absolute Gasteiger partial charge is 0.237 e. The number of thioether (sulfide) groups is 1. The third kappa shape index (κ3) is 3.98. The van der Waals surface area contributed by atoms with Gasteiger partial charge < -0.3 is 5.32 Å². The van der Waals surface area contributed by atoms with Crippen LogP contribution in [0.3, 0.4) is 0 Å². The van der Waals surface area contributed by atoms with E-state index in [2.05, 4.69) is 15.3 Å². The van der Waals surface area contributed by atoms with Gasteiger partial charge in [-0.05, 0) is 31.2 Å². The number of amides is 1. The van der Waals surface area contributed by atoms with Gasteiger partial charge in [-0.2, -0.15) is 0 Å². The van der Waals surface area contributed by atoms with Crippen LogP contribution in [0.25, 0.3) is 10.9 Å². The number of fused-ring (bicyclic) bond motifs is 1. The van der Waals surface area contributed by atoms with Crippen molar-refractivity contribution in [2.45, 2.75) is 17.2 Å². The van der Waals surface area contributed by atoms with Crippen molar-refractivity contribution in [1.82, 2.24) is 9.97 Å². The van der Waals surface area contributed by atoms with Gasteiger partial charge in [-0.3, -0.25) is 4.79 Å². The molecule has 0 aliphatic carbocycles. The molecule has 4 nitrogen and oxygen atoms in total. The van der Waals surface area contributed by atoms with E-state index in [1.807, 2.05) is 31.2 Å². The van der Waals surface area contributed by atoms with E-state index < -0.39 is 0 Å². The summed E-state index contributed by atoms with van der Waals surface area (Å²) in [5.74, 6) is -0.152. The highest BCUT2D eigenvalue weighted by Crippen LogP contribution is 2.29. The molecule has 0 bridgehead atoms. The maximum atomic E-state index is 12.4. The molecule has 0 saturated carbocycles. The number of para-hydroxylation sites is 1. The zero-order valence-corrected chi connectivity index (χ0v) is 15.0. The van der Waals surface area contributed by atoms with E-state index in [-0.39, 0.29) is 11.2 Å². The Bertz CT molecular complexity index is 878. The Morgan fingerprint density at radius 2 is 1.83 bits per heavy atom. The summed E-state index contributed by atoms with van der Waals surface area (Å²) < 4.78 is 0. The van der Waals surface area contributed by atoms with Crippen LogP contribution in [0.5, 0.6) is 0 Å². The minimum Gasteiger partial charge on any atom is -0.325 e. The maximum Gasteiger partial charge on any atom is 0.237 e. The number of nitrogens with one attached hydrogen (secondary N) is 1. The number of hydrogen-bond donors (Lipinski definition) is 1. The summed E-state index contributed by atoms with van der Waals surface area (Å²) in [4.78, 5) is 20.9. The Morgan fingerprint density at radius 3 is 2.58 bits per heavy atom. The van der Waals surface area contributed by atoms with E-state index in [0.29, 0.717) is 15.7 Å². The summed E-state index contributed by atoms with van der Waals surface area (Å²) >= 11 is 13.3. The van der Waals surface area contributed by atoms with Gasteiger partial charge in [0.25, 0.3) is 0 Å². The van der Waals surface area contributed by atoms with Gasteiger partial charge in [-0.1, -0.05) is 53.2 Å². The molecule has 2 aromatic carbocycles. The van der Waals surface area contributed by atoms with E-state index in [9.17, 15) is 4.79 Å². The fraction of sp³-hybridized carbons (Fsp3) is 0.118. The molecule has 0 spiro atoms. The lowest BCUT2D eigenvalue weighted by molar-refractivity contribution is -0.115. The van der Waals surface area contributed by atoms with E-state index in [0.717, 1.165) is 15.9 Å². The molecule has 0 saturated heterocycles. The number of carbonyl (C=O) groups excluding carboxylic acids is 1. The summed E-state index contributed by atoms with van der Waals surface area (Å²) in [6.45, 7) is 1.82. The summed E-state index contributed by atoms with van der Waals surface area (Å²) in [7, 11) is 0. The topological polar surface area (TPSA) is 54.9 Å². The average Bonchev–Trinajstić information content (AvgIpc) is 2.54. The van der Waals surface area contributed by atoms with Gasteiger partial charge in [0.15, 0.2) is 0 Å². The van der Waals surface area contributed by atoms with E-state index >= 15 is 0 Å². The predicted octanol–water partition coefficient (Wildman–Crippen LogP) is 5.06. The molecular formula is C17H13Cl2N3OS. The molecule has 1 aromatic heterocycles. The van der Waals surface area contributed by atoms with E-state index in [4.69, 9.17) is 23.2 Å². The van der Waals surface area contributed by atoms with Crippen LogP contribution >= 0.6 is 35.0 Å². The molecule has 1 atom stereocenters. The van der Waals surface area contributed by atoms with Crippen molar-refractivity contribution in [2.75, 3.05) is 5.32 Å². The van der Waals surface area contributed by atoms with Crippen molar-refractivity contribution < 1.29 is 4.79 Å². The Morgan fingerprint density at radius 1 is 1.12 bits per heavy atom. The average molecular weight is 378 g/mol. The standard InChI is InChI=1S/C17H13Cl2N3OS/c1-10(16(23)22-13-7-11(18)6-12(19)8-13)24-17-14-4-2-3-5-15(14)20-9-21-17/h2-10H,1H3,(H,22,23)/t10-/m0/s1. The molecule has 0 aliphatic heterocycles. The zero-order chi connectivity index (χ0) is 17.1. The van der Waals surface area contributed by atoms with Crippen LogP contribution in [0.4, 0.5) is 5.69 Å². The predicted molar refractivity (Wildman–Crippen MR) is 99.9 cm³/mol. The number of carbonyl (C=O) groups is 1. The fourth-order valence-corrected chi connectivity index (χ4v) is 3.60. The Hall–Kier alpha value is -1.82. The number of rotatable bonds is 4. The maximum absolute atomic E-state index is 12.4. The first kappa shape index (κ1) is 17.0. The van der Waals surface area contributed by atoms with Crippen molar-refractivity contribution >= 4 is 57.5 Å². The summed E-state index contributed by atoms with van der Waals surface area (Å²) in [6, 6.07) is 12.6. The van der Waals surface area contributed by atoms with Crippen LogP contribution in [0.2, 0.25) is 10.0 Å². The van der Waals surface area contributed by atoms with Crippen LogP contribution in [0, 0.1) is 0 Å². The van der Waals surface area contributed by atoms with Gasteiger partial charge in [0.2, 0.25) is 5.91 Å². The number of halogens is 2. The normalized spacial score (nSPS) is 12.1. The number of benzene rings is 2. The first-order valence-electron chi connectivity index (χ1n) is 7.16. The second-order valence-electron chi connectivity index (χ2n) is 5.10. The van der Waals surface area contributed by atoms with Crippen molar-refractivity contribution in [1.29, 1.82) is 0 Å². The molecule has 1 N–H and O–H groups in total. The Balaban J connectivity index is 1.76. The number of aromatic nitrogens is 2. The highest BCUT2D eigenvalue weighted by atomic mass is 35.5. The molecule has 24 heavy (non-hydrogen) atoms. The molecule has 7 heteroatoms. The first-order valence-corrected chi connectivity index (χ1v) is 8.80. The molecule has 0 fully saturated rings. The molecule has 3 rings (SSSR count). The van der Waals surface area contributed by atoms with E-state index in [1.54, 1.807) is 18.2 Å². The van der Waals surface area contributed by atoms with Gasteiger partial charge in [0, 0.05) is 21.1 Å². The van der Waals surface area contributed by atoms with Crippen molar-refractivity contribution in [3.8, 4) is 0 Å². The third-order valence-corrected chi connectivity index (χ3v) is 4.85. The van der Waals surface area contributed by atoms with Gasteiger partial charge >= 0.3 is 0 Å². The van der Waals surface area contributed by atoms with Crippen LogP contribution in [-0.2, 0) is 4.79 Å². The van der Waals surface area contributed by atoms with Crippen LogP contribution in [-0.4, -0.2) is 21.1 Å². The van der Waals surface area contributed by atoms with Crippen molar-refractivity contribution in [3.63, 3.8) is 0 Å². The lowest BCUT2D eigenvalue weighted by Gasteiger charge is -2.13. The highest BCUT2D eigenvalue weighted by Gasteiger charge is 2.17. The molecule has 122 valence electrons. The fourth-order valence-electron chi connectivity index (χ4n) is 2.16. The zero-order valence-electron chi connectivity index (χ0n) is 12.7. The summed E-state index contributed by atoms with van der Waals surface area (Å²) in [5, 5.41) is 5.11. The van der Waals surface area contributed by atoms with Crippen LogP contribution < -0.4 is 5.32 Å². The molecule has 1 heterocycles. The Labute approximate surface area is 153 Å². The Kier molecular flexibility index (Phi) is 5.23. The quantitative estimate of drug-likeness (QED) is 0.510. The molecular weight excluding hydrogens is 365 g/mol. The lowest BCUT2D eigenvalue weighted by atomic mass is 10.2. The van der Waals surface area contributed by atoms with Crippen LogP contribution in [0.15, 0.2) is 53.8 Å². The molecule has 0 aliphatic rings. The van der Waals surface area contributed by atoms with Gasteiger partial charge in [0.1, 0.15) is 11.4 Å². The molecule has 0 radical (unpaired) electrons. The first-order chi connectivity index (χ1) is 11.5. The monoisotopic (exact) mass is 377 g/mol. The van der Waals surface area contributed by atoms with Crippen molar-refractivity contribution in [2.24, 2.45) is 0 Å². The number of anilines is 1. The second-order valence-corrected chi connectivity index (χ2v) is 7.31. The molecule has 1 amide bonds. The van der Waals surface area contributed by atoms with Gasteiger partial charge in [0.05, 0.1) is 10.8 Å². The second kappa shape index (κ2) is 7.38. The van der Waals surface area contributed by atoms with Gasteiger partial charge in [-0.15, -0.1) is 0 Å². The SMILES string of the molecule is C[C@H](Sc1ncnc2ccccc12)C(=O)Nc1cc(Cl)cc(Cl)c1. The summed E-state index contributed by atoms with van der Waals surface area (Å²) in [5.41, 5.74) is 1.42. The third-order valence-electron chi connectivity index (χ3n) is 3.29. The van der Waals surface area contributed by atoms with Gasteiger partial charge in [-0.25, -0.2) is 9.97 Å². The van der Waals surface area contributed by atoms with Crippen molar-refractivity contribution in [3.05, 3.63) is 58.8 Å². The largest absolute Gasteiger partial charge is 0.325 e. The summed E-state index contributed by atoms with van der Waals surface area (Å²) in [6.07, 6.45) is 1.51. The minimum absolute atomic E-state index is 0.152. The van der Waals surface area contributed by atoms with E-state index in [1.165, 1.54) is 18.1 Å². The lowest BCUT2D eigenvalue weighted by Crippen LogP contribution is -2.22. The van der Waals surface area contributed by atoms with Crippen LogP contribution in [0.1, 0.15) is 6.92 Å². The highest BCUT2D eigenvalue weighted by molar-refractivity contribution is 8.00.